The maximum absolute atomic E-state index is 14.2. The molecule has 1 saturated heterocycles. The molecule has 0 aliphatic carbocycles. The molecule has 0 N–H and O–H groups in total. The largest absolute Gasteiger partial charge is 0.445 e. The lowest BCUT2D eigenvalue weighted by Gasteiger charge is -2.43. The lowest BCUT2D eigenvalue weighted by molar-refractivity contribution is -0.0342. The van der Waals surface area contributed by atoms with Crippen LogP contribution in [0.3, 0.4) is 0 Å². The summed E-state index contributed by atoms with van der Waals surface area (Å²) in [5.41, 5.74) is 1.41. The van der Waals surface area contributed by atoms with Crippen molar-refractivity contribution in [3.8, 4) is 0 Å². The number of hydrogen-bond acceptors (Lipinski definition) is 3. The summed E-state index contributed by atoms with van der Waals surface area (Å²) in [6, 6.07) is 9.88. The Bertz CT molecular complexity index is 917. The zero-order chi connectivity index (χ0) is 19.7. The smallest absolute Gasteiger partial charge is 0.411 e. The highest BCUT2D eigenvalue weighted by Crippen LogP contribution is 2.34. The van der Waals surface area contributed by atoms with Gasteiger partial charge in [0.25, 0.3) is 0 Å². The van der Waals surface area contributed by atoms with E-state index in [1.165, 1.54) is 0 Å². The Hall–Kier alpha value is -2.80. The van der Waals surface area contributed by atoms with Crippen molar-refractivity contribution in [1.82, 2.24) is 4.90 Å². The minimum absolute atomic E-state index is 0.00750. The molecule has 1 fully saturated rings. The van der Waals surface area contributed by atoms with Crippen LogP contribution in [0.25, 0.3) is 5.57 Å². The summed E-state index contributed by atoms with van der Waals surface area (Å²) in [6.07, 6.45) is 1.44. The first-order valence-electron chi connectivity index (χ1n) is 8.95. The van der Waals surface area contributed by atoms with Gasteiger partial charge in [-0.2, -0.15) is 0 Å². The number of amides is 1. The van der Waals surface area contributed by atoms with Crippen molar-refractivity contribution in [2.45, 2.75) is 25.1 Å². The van der Waals surface area contributed by atoms with Gasteiger partial charge >= 0.3 is 6.09 Å². The van der Waals surface area contributed by atoms with Crippen LogP contribution in [0.5, 0.6) is 0 Å². The third kappa shape index (κ3) is 3.62. The van der Waals surface area contributed by atoms with E-state index in [1.54, 1.807) is 11.0 Å². The van der Waals surface area contributed by atoms with Crippen LogP contribution in [-0.2, 0) is 16.1 Å². The highest BCUT2D eigenvalue weighted by molar-refractivity contribution is 5.74. The van der Waals surface area contributed by atoms with E-state index < -0.39 is 29.6 Å². The molecule has 2 atom stereocenters. The molecule has 0 spiro atoms. The van der Waals surface area contributed by atoms with Gasteiger partial charge in [-0.05, 0) is 23.6 Å². The first-order valence-corrected chi connectivity index (χ1v) is 8.95. The minimum Gasteiger partial charge on any atom is -0.445 e. The van der Waals surface area contributed by atoms with Crippen LogP contribution in [-0.4, -0.2) is 36.3 Å². The molecular weight excluding hydrogens is 371 g/mol. The fourth-order valence-electron chi connectivity index (χ4n) is 3.64. The Balaban J connectivity index is 1.54. The minimum atomic E-state index is -1.23. The average Bonchev–Trinajstić information content (AvgIpc) is 2.68. The van der Waals surface area contributed by atoms with Gasteiger partial charge in [0.2, 0.25) is 0 Å². The van der Waals surface area contributed by atoms with Gasteiger partial charge in [-0.3, -0.25) is 4.90 Å². The second-order valence-corrected chi connectivity index (χ2v) is 6.85. The molecule has 146 valence electrons. The number of halogens is 3. The number of benzene rings is 2. The summed E-state index contributed by atoms with van der Waals surface area (Å²) in [6.45, 7) is 0.635. The average molecular weight is 389 g/mol. The van der Waals surface area contributed by atoms with Crippen molar-refractivity contribution >= 4 is 11.7 Å². The number of rotatable bonds is 3. The Kier molecular flexibility index (Phi) is 5.09. The molecular formula is C21H18F3NO3. The van der Waals surface area contributed by atoms with E-state index in [2.05, 4.69) is 0 Å². The lowest BCUT2D eigenvalue weighted by atomic mass is 9.89. The molecule has 4 rings (SSSR count). The zero-order valence-electron chi connectivity index (χ0n) is 14.9. The summed E-state index contributed by atoms with van der Waals surface area (Å²) < 4.78 is 51.9. The predicted octanol–water partition coefficient (Wildman–Crippen LogP) is 4.30. The Morgan fingerprint density at radius 3 is 2.57 bits per heavy atom. The lowest BCUT2D eigenvalue weighted by Crippen LogP contribution is -2.56. The molecule has 0 saturated carbocycles. The molecule has 1 amide bonds. The molecule has 2 aromatic carbocycles. The Morgan fingerprint density at radius 2 is 1.82 bits per heavy atom. The SMILES string of the molecule is O=C(OCc1ccccc1)N1C2C=C(c3cc(F)c(F)cc3F)CC1COC2. The summed E-state index contributed by atoms with van der Waals surface area (Å²) in [4.78, 5) is 14.2. The number of ether oxygens (including phenoxy) is 2. The number of nitrogens with zero attached hydrogens (tertiary/aromatic N) is 1. The van der Waals surface area contributed by atoms with E-state index >= 15 is 0 Å². The summed E-state index contributed by atoms with van der Waals surface area (Å²) >= 11 is 0. The molecule has 4 nitrogen and oxygen atoms in total. The van der Waals surface area contributed by atoms with Crippen molar-refractivity contribution in [2.24, 2.45) is 0 Å². The fraction of sp³-hybridized carbons (Fsp3) is 0.286. The molecule has 2 aliphatic rings. The highest BCUT2D eigenvalue weighted by atomic mass is 19.2. The Morgan fingerprint density at radius 1 is 1.07 bits per heavy atom. The van der Waals surface area contributed by atoms with Crippen LogP contribution in [0.4, 0.5) is 18.0 Å². The van der Waals surface area contributed by atoms with Crippen LogP contribution in [0.15, 0.2) is 48.5 Å². The maximum atomic E-state index is 14.2. The normalized spacial score (nSPS) is 21.2. The molecule has 28 heavy (non-hydrogen) atoms. The van der Waals surface area contributed by atoms with E-state index in [0.717, 1.165) is 11.6 Å². The van der Waals surface area contributed by atoms with E-state index in [4.69, 9.17) is 9.47 Å². The molecule has 0 radical (unpaired) electrons. The van der Waals surface area contributed by atoms with Crippen LogP contribution < -0.4 is 0 Å². The third-order valence-electron chi connectivity index (χ3n) is 4.97. The number of carbonyl (C=O) groups is 1. The Labute approximate surface area is 160 Å². The van der Waals surface area contributed by atoms with Gasteiger partial charge in [0.15, 0.2) is 11.6 Å². The quantitative estimate of drug-likeness (QED) is 0.735. The van der Waals surface area contributed by atoms with E-state index in [1.807, 2.05) is 30.3 Å². The second-order valence-electron chi connectivity index (χ2n) is 6.85. The standard InChI is InChI=1S/C21H18F3NO3/c22-18-9-20(24)19(23)8-17(18)14-6-15-11-27-12-16(7-14)25(15)21(26)28-10-13-4-2-1-3-5-13/h1-6,8-9,15-16H,7,10-12H2. The van der Waals surface area contributed by atoms with Gasteiger partial charge in [-0.1, -0.05) is 36.4 Å². The van der Waals surface area contributed by atoms with Crippen molar-refractivity contribution in [2.75, 3.05) is 13.2 Å². The molecule has 7 heteroatoms. The van der Waals surface area contributed by atoms with Crippen LogP contribution in [0.2, 0.25) is 0 Å². The van der Waals surface area contributed by atoms with Crippen LogP contribution in [0.1, 0.15) is 17.5 Å². The second kappa shape index (κ2) is 7.67. The number of morpholine rings is 1. The number of fused-ring (bicyclic) bond motifs is 2. The maximum Gasteiger partial charge on any atom is 0.411 e. The summed E-state index contributed by atoms with van der Waals surface area (Å²) in [7, 11) is 0. The van der Waals surface area contributed by atoms with Gasteiger partial charge in [-0.15, -0.1) is 0 Å². The van der Waals surface area contributed by atoms with Gasteiger partial charge in [0.05, 0.1) is 25.3 Å². The van der Waals surface area contributed by atoms with Crippen molar-refractivity contribution in [1.29, 1.82) is 0 Å². The van der Waals surface area contributed by atoms with E-state index in [0.29, 0.717) is 11.6 Å². The highest BCUT2D eigenvalue weighted by Gasteiger charge is 2.39. The van der Waals surface area contributed by atoms with Gasteiger partial charge < -0.3 is 9.47 Å². The first-order chi connectivity index (χ1) is 13.5. The predicted molar refractivity (Wildman–Crippen MR) is 95.8 cm³/mol. The zero-order valence-corrected chi connectivity index (χ0v) is 14.9. The summed E-state index contributed by atoms with van der Waals surface area (Å²) in [5.74, 6) is -3.17. The van der Waals surface area contributed by atoms with Gasteiger partial charge in [0.1, 0.15) is 12.4 Å². The van der Waals surface area contributed by atoms with E-state index in [9.17, 15) is 18.0 Å². The van der Waals surface area contributed by atoms with Gasteiger partial charge in [0, 0.05) is 11.6 Å². The molecule has 2 heterocycles. The number of carbonyl (C=O) groups excluding carboxylic acids is 1. The van der Waals surface area contributed by atoms with Gasteiger partial charge in [-0.25, -0.2) is 18.0 Å². The molecule has 2 aliphatic heterocycles. The van der Waals surface area contributed by atoms with Crippen molar-refractivity contribution < 1.29 is 27.4 Å². The van der Waals surface area contributed by atoms with E-state index in [-0.39, 0.29) is 37.8 Å². The fourth-order valence-corrected chi connectivity index (χ4v) is 3.64. The van der Waals surface area contributed by atoms with Crippen molar-refractivity contribution in [3.63, 3.8) is 0 Å². The summed E-state index contributed by atoms with van der Waals surface area (Å²) in [5, 5.41) is 0. The van der Waals surface area contributed by atoms with Crippen molar-refractivity contribution in [3.05, 3.63) is 77.1 Å². The van der Waals surface area contributed by atoms with Crippen LogP contribution in [0, 0.1) is 17.5 Å². The van der Waals surface area contributed by atoms with Crippen LogP contribution >= 0.6 is 0 Å². The molecule has 2 bridgehead atoms. The molecule has 0 aromatic heterocycles. The first kappa shape index (κ1) is 18.6. The monoisotopic (exact) mass is 389 g/mol. The molecule has 2 unspecified atom stereocenters. The third-order valence-corrected chi connectivity index (χ3v) is 4.97. The molecule has 2 aromatic rings. The topological polar surface area (TPSA) is 38.8 Å². The number of hydrogen-bond donors (Lipinski definition) is 0.